The molecule has 7 heteroatoms. The predicted octanol–water partition coefficient (Wildman–Crippen LogP) is 2.10. The van der Waals surface area contributed by atoms with Crippen LogP contribution in [0.5, 0.6) is 5.75 Å². The molecule has 0 unspecified atom stereocenters. The average molecular weight is 299 g/mol. The third kappa shape index (κ3) is 3.86. The monoisotopic (exact) mass is 298 g/mol. The molecule has 1 aromatic carbocycles. The molecule has 0 spiro atoms. The van der Waals surface area contributed by atoms with Crippen LogP contribution < -0.4 is 10.5 Å². The lowest BCUT2D eigenvalue weighted by Gasteiger charge is -2.06. The van der Waals surface area contributed by atoms with E-state index in [9.17, 15) is 0 Å². The number of nitrogens with two attached hydrogens (primary N) is 1. The van der Waals surface area contributed by atoms with Crippen molar-refractivity contribution >= 4 is 23.4 Å². The lowest BCUT2D eigenvalue weighted by Crippen LogP contribution is -2.06. The second-order valence-corrected chi connectivity index (χ2v) is 5.31. The summed E-state index contributed by atoms with van der Waals surface area (Å²) < 4.78 is 7.49. The lowest BCUT2D eigenvalue weighted by atomic mass is 10.3. The summed E-state index contributed by atoms with van der Waals surface area (Å²) in [7, 11) is 1.91. The first-order chi connectivity index (χ1) is 9.20. The van der Waals surface area contributed by atoms with Crippen LogP contribution in [0.15, 0.2) is 29.4 Å². The van der Waals surface area contributed by atoms with Gasteiger partial charge in [-0.3, -0.25) is 0 Å². The third-order valence-corrected chi connectivity index (χ3v) is 3.74. The average Bonchev–Trinajstić information content (AvgIpc) is 2.77. The van der Waals surface area contributed by atoms with Crippen LogP contribution in [0.1, 0.15) is 5.82 Å². The van der Waals surface area contributed by atoms with Gasteiger partial charge in [-0.05, 0) is 24.3 Å². The maximum atomic E-state index is 5.80. The van der Waals surface area contributed by atoms with Gasteiger partial charge in [0, 0.05) is 17.8 Å². The molecule has 19 heavy (non-hydrogen) atoms. The Morgan fingerprint density at radius 1 is 1.32 bits per heavy atom. The van der Waals surface area contributed by atoms with Gasteiger partial charge < -0.3 is 15.0 Å². The van der Waals surface area contributed by atoms with E-state index in [2.05, 4.69) is 10.2 Å². The molecule has 1 aromatic heterocycles. The molecule has 0 fully saturated rings. The normalized spacial score (nSPS) is 10.7. The highest BCUT2D eigenvalue weighted by Crippen LogP contribution is 2.18. The summed E-state index contributed by atoms with van der Waals surface area (Å²) in [6.07, 6.45) is 0. The number of halogens is 1. The Kier molecular flexibility index (Phi) is 5.07. The van der Waals surface area contributed by atoms with E-state index in [1.54, 1.807) is 23.9 Å². The van der Waals surface area contributed by atoms with E-state index in [4.69, 9.17) is 22.1 Å². The standard InChI is InChI=1S/C12H15ClN4OS/c1-17-11(8-14)15-16-12(17)19-7-6-18-10-4-2-9(13)3-5-10/h2-5H,6-8,14H2,1H3. The van der Waals surface area contributed by atoms with Gasteiger partial charge in [-0.1, -0.05) is 23.4 Å². The minimum Gasteiger partial charge on any atom is -0.493 e. The van der Waals surface area contributed by atoms with Gasteiger partial charge in [-0.25, -0.2) is 0 Å². The maximum absolute atomic E-state index is 5.80. The van der Waals surface area contributed by atoms with Crippen LogP contribution in [-0.2, 0) is 13.6 Å². The third-order valence-electron chi connectivity index (χ3n) is 2.50. The van der Waals surface area contributed by atoms with Crippen molar-refractivity contribution in [2.75, 3.05) is 12.4 Å². The van der Waals surface area contributed by atoms with Crippen molar-refractivity contribution in [3.63, 3.8) is 0 Å². The van der Waals surface area contributed by atoms with E-state index in [-0.39, 0.29) is 0 Å². The molecule has 0 amide bonds. The van der Waals surface area contributed by atoms with Crippen molar-refractivity contribution in [1.82, 2.24) is 14.8 Å². The molecule has 0 atom stereocenters. The Morgan fingerprint density at radius 3 is 2.68 bits per heavy atom. The molecular formula is C12H15ClN4OS. The highest BCUT2D eigenvalue weighted by atomic mass is 35.5. The SMILES string of the molecule is Cn1c(CN)nnc1SCCOc1ccc(Cl)cc1. The first kappa shape index (κ1) is 14.2. The number of hydrogen-bond donors (Lipinski definition) is 1. The van der Waals surface area contributed by atoms with Crippen LogP contribution in [0, 0.1) is 0 Å². The minimum atomic E-state index is 0.394. The van der Waals surface area contributed by atoms with E-state index in [1.807, 2.05) is 23.7 Å². The van der Waals surface area contributed by atoms with E-state index < -0.39 is 0 Å². The number of ether oxygens (including phenoxy) is 1. The van der Waals surface area contributed by atoms with Crippen LogP contribution in [-0.4, -0.2) is 27.1 Å². The zero-order valence-electron chi connectivity index (χ0n) is 10.5. The summed E-state index contributed by atoms with van der Waals surface area (Å²) in [4.78, 5) is 0. The highest BCUT2D eigenvalue weighted by molar-refractivity contribution is 7.99. The molecule has 5 nitrogen and oxygen atoms in total. The zero-order chi connectivity index (χ0) is 13.7. The minimum absolute atomic E-state index is 0.394. The fourth-order valence-corrected chi connectivity index (χ4v) is 2.34. The highest BCUT2D eigenvalue weighted by Gasteiger charge is 2.07. The fraction of sp³-hybridized carbons (Fsp3) is 0.333. The molecule has 0 bridgehead atoms. The van der Waals surface area contributed by atoms with Gasteiger partial charge in [0.2, 0.25) is 0 Å². The molecule has 102 valence electrons. The largest absolute Gasteiger partial charge is 0.493 e. The Bertz CT molecular complexity index is 529. The molecule has 0 saturated carbocycles. The summed E-state index contributed by atoms with van der Waals surface area (Å²) in [5.41, 5.74) is 5.54. The quantitative estimate of drug-likeness (QED) is 0.653. The summed E-state index contributed by atoms with van der Waals surface area (Å²) >= 11 is 7.39. The van der Waals surface area contributed by atoms with Crippen LogP contribution in [0.3, 0.4) is 0 Å². The summed E-state index contributed by atoms with van der Waals surface area (Å²) in [5, 5.41) is 9.61. The molecule has 2 aromatic rings. The molecule has 0 aliphatic rings. The predicted molar refractivity (Wildman–Crippen MR) is 76.6 cm³/mol. The topological polar surface area (TPSA) is 66.0 Å². The first-order valence-corrected chi connectivity index (χ1v) is 7.16. The van der Waals surface area contributed by atoms with Crippen molar-refractivity contribution in [2.45, 2.75) is 11.7 Å². The van der Waals surface area contributed by atoms with Gasteiger partial charge >= 0.3 is 0 Å². The number of hydrogen-bond acceptors (Lipinski definition) is 5. The number of thioether (sulfide) groups is 1. The lowest BCUT2D eigenvalue weighted by molar-refractivity contribution is 0.344. The van der Waals surface area contributed by atoms with Crippen LogP contribution in [0.25, 0.3) is 0 Å². The second-order valence-electron chi connectivity index (χ2n) is 3.81. The van der Waals surface area contributed by atoms with E-state index in [0.717, 1.165) is 22.5 Å². The van der Waals surface area contributed by atoms with E-state index in [1.165, 1.54) is 0 Å². The Morgan fingerprint density at radius 2 is 2.05 bits per heavy atom. The molecule has 1 heterocycles. The van der Waals surface area contributed by atoms with Crippen molar-refractivity contribution in [1.29, 1.82) is 0 Å². The van der Waals surface area contributed by atoms with Crippen molar-refractivity contribution in [3.8, 4) is 5.75 Å². The Labute approximate surface area is 121 Å². The molecule has 0 saturated heterocycles. The molecule has 0 radical (unpaired) electrons. The second kappa shape index (κ2) is 6.79. The summed E-state index contributed by atoms with van der Waals surface area (Å²) in [6.45, 7) is 0.989. The van der Waals surface area contributed by atoms with Gasteiger partial charge in [-0.15, -0.1) is 10.2 Å². The summed E-state index contributed by atoms with van der Waals surface area (Å²) in [6, 6.07) is 7.31. The Balaban J connectivity index is 1.77. The smallest absolute Gasteiger partial charge is 0.191 e. The zero-order valence-corrected chi connectivity index (χ0v) is 12.1. The molecule has 0 aliphatic heterocycles. The molecule has 2 N–H and O–H groups in total. The number of rotatable bonds is 6. The Hall–Kier alpha value is -1.24. The van der Waals surface area contributed by atoms with Gasteiger partial charge in [-0.2, -0.15) is 0 Å². The van der Waals surface area contributed by atoms with Gasteiger partial charge in [0.25, 0.3) is 0 Å². The van der Waals surface area contributed by atoms with Gasteiger partial charge in [0.05, 0.1) is 13.2 Å². The summed E-state index contributed by atoms with van der Waals surface area (Å²) in [5.74, 6) is 2.38. The number of aromatic nitrogens is 3. The first-order valence-electron chi connectivity index (χ1n) is 5.80. The van der Waals surface area contributed by atoms with Crippen LogP contribution in [0.4, 0.5) is 0 Å². The van der Waals surface area contributed by atoms with Gasteiger partial charge in [0.15, 0.2) is 5.16 Å². The van der Waals surface area contributed by atoms with E-state index >= 15 is 0 Å². The fourth-order valence-electron chi connectivity index (χ4n) is 1.47. The molecular weight excluding hydrogens is 284 g/mol. The van der Waals surface area contributed by atoms with E-state index in [0.29, 0.717) is 18.2 Å². The molecule has 2 rings (SSSR count). The number of benzene rings is 1. The molecule has 0 aliphatic carbocycles. The van der Waals surface area contributed by atoms with Crippen molar-refractivity contribution < 1.29 is 4.74 Å². The van der Waals surface area contributed by atoms with Gasteiger partial charge in [0.1, 0.15) is 11.6 Å². The van der Waals surface area contributed by atoms with Crippen LogP contribution >= 0.6 is 23.4 Å². The van der Waals surface area contributed by atoms with Crippen molar-refractivity contribution in [2.24, 2.45) is 12.8 Å². The number of nitrogens with zero attached hydrogens (tertiary/aromatic N) is 3. The van der Waals surface area contributed by atoms with Crippen molar-refractivity contribution in [3.05, 3.63) is 35.1 Å². The maximum Gasteiger partial charge on any atom is 0.191 e. The van der Waals surface area contributed by atoms with Crippen LogP contribution in [0.2, 0.25) is 5.02 Å².